The van der Waals surface area contributed by atoms with Crippen LogP contribution >= 0.6 is 0 Å². The number of carbonyl (C=O) groups is 1. The summed E-state index contributed by atoms with van der Waals surface area (Å²) in [4.78, 5) is 24.5. The molecule has 0 unspecified atom stereocenters. The number of nitrogens with two attached hydrogens (primary N) is 1. The number of aromatic nitrogens is 1. The molecule has 11 heteroatoms. The lowest BCUT2D eigenvalue weighted by Gasteiger charge is -2.11. The van der Waals surface area contributed by atoms with Crippen LogP contribution in [0, 0.1) is 0 Å². The van der Waals surface area contributed by atoms with E-state index in [0.29, 0.717) is 11.3 Å². The molecule has 3 N–H and O–H groups in total. The first-order chi connectivity index (χ1) is 14.4. The highest BCUT2D eigenvalue weighted by atomic mass is 32.2. The van der Waals surface area contributed by atoms with Crippen LogP contribution in [-0.2, 0) is 22.7 Å². The van der Waals surface area contributed by atoms with Crippen LogP contribution in [0.3, 0.4) is 0 Å². The lowest BCUT2D eigenvalue weighted by Crippen LogP contribution is -2.22. The smallest absolute Gasteiger partial charge is 0.322 e. The van der Waals surface area contributed by atoms with E-state index in [4.69, 9.17) is 5.14 Å². The van der Waals surface area contributed by atoms with Crippen LogP contribution in [0.1, 0.15) is 21.5 Å². The molecule has 3 rings (SSSR count). The van der Waals surface area contributed by atoms with E-state index in [1.807, 2.05) is 0 Å². The van der Waals surface area contributed by atoms with E-state index in [1.165, 1.54) is 59.3 Å². The average molecular weight is 451 g/mol. The molecule has 0 aliphatic carbocycles. The van der Waals surface area contributed by atoms with Gasteiger partial charge in [0.1, 0.15) is 0 Å². The second-order valence-electron chi connectivity index (χ2n) is 6.60. The van der Waals surface area contributed by atoms with E-state index >= 15 is 0 Å². The van der Waals surface area contributed by atoms with Crippen molar-refractivity contribution in [3.05, 3.63) is 93.9 Å². The molecule has 162 valence electrons. The van der Waals surface area contributed by atoms with E-state index in [1.54, 1.807) is 0 Å². The van der Waals surface area contributed by atoms with Crippen molar-refractivity contribution < 1.29 is 26.4 Å². The molecule has 2 aromatic carbocycles. The molecule has 0 spiro atoms. The van der Waals surface area contributed by atoms with Crippen LogP contribution in [-0.4, -0.2) is 18.9 Å². The molecule has 0 atom stereocenters. The summed E-state index contributed by atoms with van der Waals surface area (Å²) in [6.45, 7) is -0.0266. The van der Waals surface area contributed by atoms with Crippen molar-refractivity contribution in [2.24, 2.45) is 5.14 Å². The fourth-order valence-corrected chi connectivity index (χ4v) is 3.23. The van der Waals surface area contributed by atoms with Gasteiger partial charge in [0.25, 0.3) is 11.5 Å². The minimum Gasteiger partial charge on any atom is -0.322 e. The molecule has 31 heavy (non-hydrogen) atoms. The topological polar surface area (TPSA) is 111 Å². The Morgan fingerprint density at radius 2 is 1.58 bits per heavy atom. The molecule has 1 aromatic heterocycles. The van der Waals surface area contributed by atoms with Gasteiger partial charge in [0.15, 0.2) is 0 Å². The van der Waals surface area contributed by atoms with E-state index in [0.717, 1.165) is 12.1 Å². The van der Waals surface area contributed by atoms with Crippen LogP contribution in [0.5, 0.6) is 0 Å². The third-order valence-electron chi connectivity index (χ3n) is 4.32. The molecular weight excluding hydrogens is 435 g/mol. The monoisotopic (exact) mass is 451 g/mol. The Kier molecular flexibility index (Phi) is 6.00. The predicted octanol–water partition coefficient (Wildman–Crippen LogP) is 2.82. The van der Waals surface area contributed by atoms with Crippen LogP contribution < -0.4 is 16.0 Å². The summed E-state index contributed by atoms with van der Waals surface area (Å²) < 4.78 is 61.8. The van der Waals surface area contributed by atoms with Crippen LogP contribution in [0.4, 0.5) is 18.9 Å². The highest BCUT2D eigenvalue weighted by Crippen LogP contribution is 2.29. The summed E-state index contributed by atoms with van der Waals surface area (Å²) in [7, 11) is -3.86. The van der Waals surface area contributed by atoms with Gasteiger partial charge in [-0.25, -0.2) is 13.6 Å². The molecule has 0 aliphatic rings. The summed E-state index contributed by atoms with van der Waals surface area (Å²) in [5.74, 6) is -0.565. The number of anilines is 1. The molecule has 7 nitrogen and oxygen atoms in total. The number of halogens is 3. The molecule has 0 saturated heterocycles. The summed E-state index contributed by atoms with van der Waals surface area (Å²) in [6.07, 6.45) is -3.17. The number of pyridine rings is 1. The number of nitrogens with one attached hydrogen (secondary N) is 1. The Labute approximate surface area is 175 Å². The number of carbonyl (C=O) groups excluding carboxylic acids is 1. The Morgan fingerprint density at radius 3 is 2.13 bits per heavy atom. The number of rotatable bonds is 5. The van der Waals surface area contributed by atoms with E-state index in [9.17, 15) is 31.2 Å². The van der Waals surface area contributed by atoms with Crippen molar-refractivity contribution in [2.45, 2.75) is 17.6 Å². The van der Waals surface area contributed by atoms with Gasteiger partial charge < -0.3 is 9.88 Å². The van der Waals surface area contributed by atoms with Gasteiger partial charge in [0, 0.05) is 18.0 Å². The maximum atomic E-state index is 12.7. The fourth-order valence-electron chi connectivity index (χ4n) is 2.72. The zero-order valence-electron chi connectivity index (χ0n) is 15.8. The summed E-state index contributed by atoms with van der Waals surface area (Å²) in [5.41, 5.74) is -0.356. The first-order valence-electron chi connectivity index (χ1n) is 8.74. The molecule has 0 aliphatic heterocycles. The van der Waals surface area contributed by atoms with Gasteiger partial charge in [-0.15, -0.1) is 0 Å². The van der Waals surface area contributed by atoms with Gasteiger partial charge in [-0.1, -0.05) is 12.1 Å². The SMILES string of the molecule is NS(=O)(=O)c1ccc(NC(=O)c2ccc(=O)n(Cc3ccc(C(F)(F)F)cc3)c2)cc1. The molecule has 0 saturated carbocycles. The minimum absolute atomic E-state index is 0.0266. The standard InChI is InChI=1S/C20H16F3N3O4S/c21-20(22,23)15-4-1-13(2-5-15)11-26-12-14(3-10-18(26)27)19(28)25-16-6-8-17(9-7-16)31(24,29)30/h1-10,12H,11H2,(H,25,28)(H2,24,29,30). The number of amides is 1. The number of benzene rings is 2. The van der Waals surface area contributed by atoms with Crippen molar-refractivity contribution in [1.82, 2.24) is 4.57 Å². The molecule has 0 radical (unpaired) electrons. The third kappa shape index (κ3) is 5.58. The van der Waals surface area contributed by atoms with Crippen LogP contribution in [0.15, 0.2) is 76.6 Å². The highest BCUT2D eigenvalue weighted by Gasteiger charge is 2.29. The van der Waals surface area contributed by atoms with Crippen molar-refractivity contribution in [2.75, 3.05) is 5.32 Å². The Morgan fingerprint density at radius 1 is 0.968 bits per heavy atom. The molecule has 1 heterocycles. The van der Waals surface area contributed by atoms with Gasteiger partial charge in [-0.3, -0.25) is 9.59 Å². The van der Waals surface area contributed by atoms with Crippen LogP contribution in [0.25, 0.3) is 0 Å². The molecule has 0 bridgehead atoms. The summed E-state index contributed by atoms with van der Waals surface area (Å²) in [5, 5.41) is 7.58. The summed E-state index contributed by atoms with van der Waals surface area (Å²) >= 11 is 0. The zero-order chi connectivity index (χ0) is 22.8. The lowest BCUT2D eigenvalue weighted by atomic mass is 10.1. The number of hydrogen-bond donors (Lipinski definition) is 2. The molecule has 0 fully saturated rings. The number of alkyl halides is 3. The predicted molar refractivity (Wildman–Crippen MR) is 107 cm³/mol. The first-order valence-corrected chi connectivity index (χ1v) is 10.3. The number of primary sulfonamides is 1. The van der Waals surface area contributed by atoms with Gasteiger partial charge in [-0.05, 0) is 48.0 Å². The number of nitrogens with zero attached hydrogens (tertiary/aromatic N) is 1. The molecule has 3 aromatic rings. The van der Waals surface area contributed by atoms with Crippen molar-refractivity contribution >= 4 is 21.6 Å². The minimum atomic E-state index is -4.46. The summed E-state index contributed by atoms with van der Waals surface area (Å²) in [6, 6.07) is 12.0. The Bertz CT molecular complexity index is 1270. The lowest BCUT2D eigenvalue weighted by molar-refractivity contribution is -0.137. The Hall–Kier alpha value is -3.44. The van der Waals surface area contributed by atoms with Gasteiger partial charge in [-0.2, -0.15) is 13.2 Å². The number of sulfonamides is 1. The van der Waals surface area contributed by atoms with E-state index < -0.39 is 33.2 Å². The van der Waals surface area contributed by atoms with Gasteiger partial charge >= 0.3 is 6.18 Å². The van der Waals surface area contributed by atoms with Crippen LogP contribution in [0.2, 0.25) is 0 Å². The maximum Gasteiger partial charge on any atom is 0.416 e. The Balaban J connectivity index is 1.77. The second kappa shape index (κ2) is 8.36. The van der Waals surface area contributed by atoms with Gasteiger partial charge in [0.05, 0.1) is 22.6 Å². The fraction of sp³-hybridized carbons (Fsp3) is 0.100. The molecular formula is C20H16F3N3O4S. The first kappa shape index (κ1) is 22.2. The van der Waals surface area contributed by atoms with Gasteiger partial charge in [0.2, 0.25) is 10.0 Å². The zero-order valence-corrected chi connectivity index (χ0v) is 16.6. The average Bonchev–Trinajstić information content (AvgIpc) is 2.69. The van der Waals surface area contributed by atoms with E-state index in [2.05, 4.69) is 5.32 Å². The second-order valence-corrected chi connectivity index (χ2v) is 8.16. The largest absolute Gasteiger partial charge is 0.416 e. The number of hydrogen-bond acceptors (Lipinski definition) is 4. The third-order valence-corrected chi connectivity index (χ3v) is 5.25. The maximum absolute atomic E-state index is 12.7. The van der Waals surface area contributed by atoms with Crippen molar-refractivity contribution in [3.63, 3.8) is 0 Å². The highest BCUT2D eigenvalue weighted by molar-refractivity contribution is 7.89. The van der Waals surface area contributed by atoms with Crippen molar-refractivity contribution in [3.8, 4) is 0 Å². The van der Waals surface area contributed by atoms with Crippen molar-refractivity contribution in [1.29, 1.82) is 0 Å². The normalized spacial score (nSPS) is 11.9. The quantitative estimate of drug-likeness (QED) is 0.621. The molecule has 1 amide bonds. The van der Waals surface area contributed by atoms with E-state index in [-0.39, 0.29) is 17.0 Å².